The molecule has 0 saturated carbocycles. The maximum absolute atomic E-state index is 12.4. The number of benzene rings is 2. The second kappa shape index (κ2) is 11.0. The van der Waals surface area contributed by atoms with Crippen LogP contribution in [0, 0.1) is 6.92 Å². The lowest BCUT2D eigenvalue weighted by Gasteiger charge is -2.10. The summed E-state index contributed by atoms with van der Waals surface area (Å²) in [6.45, 7) is 4.37. The van der Waals surface area contributed by atoms with E-state index in [2.05, 4.69) is 20.8 Å². The molecule has 3 aromatic rings. The second-order valence-corrected chi connectivity index (χ2v) is 8.20. The van der Waals surface area contributed by atoms with Crippen molar-refractivity contribution in [3.63, 3.8) is 0 Å². The minimum absolute atomic E-state index is 0.0708. The molecule has 1 aromatic heterocycles. The summed E-state index contributed by atoms with van der Waals surface area (Å²) in [6, 6.07) is 12.4. The maximum atomic E-state index is 12.4. The van der Waals surface area contributed by atoms with Crippen LogP contribution in [0.25, 0.3) is 0 Å². The molecule has 0 atom stereocenters. The van der Waals surface area contributed by atoms with Crippen molar-refractivity contribution in [3.05, 3.63) is 58.9 Å². The molecule has 0 aliphatic carbocycles. The van der Waals surface area contributed by atoms with E-state index in [4.69, 9.17) is 16.3 Å². The highest BCUT2D eigenvalue weighted by atomic mass is 35.5. The zero-order valence-corrected chi connectivity index (χ0v) is 19.6. The molecular weight excluding hydrogens is 450 g/mol. The van der Waals surface area contributed by atoms with Gasteiger partial charge in [0.2, 0.25) is 11.8 Å². The van der Waals surface area contributed by atoms with Gasteiger partial charge in [0, 0.05) is 22.9 Å². The number of hydrogen-bond donors (Lipinski definition) is 2. The molecule has 0 aliphatic heterocycles. The highest BCUT2D eigenvalue weighted by Crippen LogP contribution is 2.24. The van der Waals surface area contributed by atoms with Crippen LogP contribution in [0.15, 0.2) is 47.6 Å². The molecule has 0 unspecified atom stereocenters. The molecule has 0 radical (unpaired) electrons. The number of ether oxygens (including phenoxy) is 1. The highest BCUT2D eigenvalue weighted by molar-refractivity contribution is 7.99. The number of nitrogens with one attached hydrogen (secondary N) is 2. The molecule has 0 saturated heterocycles. The molecular formula is C22H24ClN5O3S. The summed E-state index contributed by atoms with van der Waals surface area (Å²) in [6.07, 6.45) is 0.0708. The predicted molar refractivity (Wildman–Crippen MR) is 127 cm³/mol. The van der Waals surface area contributed by atoms with Crippen LogP contribution in [0.5, 0.6) is 5.75 Å². The van der Waals surface area contributed by atoms with E-state index in [1.54, 1.807) is 49.6 Å². The Balaban J connectivity index is 1.58. The van der Waals surface area contributed by atoms with Crippen LogP contribution in [-0.4, -0.2) is 39.4 Å². The minimum Gasteiger partial charge on any atom is -0.497 e. The third kappa shape index (κ3) is 6.02. The summed E-state index contributed by atoms with van der Waals surface area (Å²) < 4.78 is 6.95. The molecule has 0 spiro atoms. The van der Waals surface area contributed by atoms with Crippen LogP contribution in [0.3, 0.4) is 0 Å². The first-order valence-electron chi connectivity index (χ1n) is 9.95. The predicted octanol–water partition coefficient (Wildman–Crippen LogP) is 4.18. The highest BCUT2D eigenvalue weighted by Gasteiger charge is 2.16. The van der Waals surface area contributed by atoms with Crippen LogP contribution in [-0.2, 0) is 22.6 Å². The van der Waals surface area contributed by atoms with Crippen molar-refractivity contribution in [1.29, 1.82) is 0 Å². The summed E-state index contributed by atoms with van der Waals surface area (Å²) in [5.74, 6) is 1.02. The Morgan fingerprint density at radius 3 is 2.53 bits per heavy atom. The number of aromatic nitrogens is 3. The van der Waals surface area contributed by atoms with Crippen LogP contribution >= 0.6 is 23.4 Å². The lowest BCUT2D eigenvalue weighted by molar-refractivity contribution is -0.116. The fraction of sp³-hybridized carbons (Fsp3) is 0.273. The van der Waals surface area contributed by atoms with Crippen molar-refractivity contribution in [2.24, 2.45) is 0 Å². The van der Waals surface area contributed by atoms with Gasteiger partial charge >= 0.3 is 0 Å². The van der Waals surface area contributed by atoms with E-state index >= 15 is 0 Å². The topological polar surface area (TPSA) is 98.1 Å². The van der Waals surface area contributed by atoms with Crippen molar-refractivity contribution in [2.75, 3.05) is 23.5 Å². The number of anilines is 2. The minimum atomic E-state index is -0.206. The summed E-state index contributed by atoms with van der Waals surface area (Å²) >= 11 is 7.37. The van der Waals surface area contributed by atoms with Gasteiger partial charge in [-0.15, -0.1) is 10.2 Å². The fourth-order valence-electron chi connectivity index (χ4n) is 2.96. The molecule has 168 valence electrons. The molecule has 10 heteroatoms. The molecule has 8 nitrogen and oxygen atoms in total. The van der Waals surface area contributed by atoms with Gasteiger partial charge in [0.15, 0.2) is 5.16 Å². The molecule has 2 amide bonds. The van der Waals surface area contributed by atoms with E-state index in [1.807, 2.05) is 18.4 Å². The fourth-order valence-corrected chi connectivity index (χ4v) is 3.95. The number of carbonyl (C=O) groups is 2. The summed E-state index contributed by atoms with van der Waals surface area (Å²) in [4.78, 5) is 24.8. The number of nitrogens with zero attached hydrogens (tertiary/aromatic N) is 3. The summed E-state index contributed by atoms with van der Waals surface area (Å²) in [7, 11) is 1.59. The first-order chi connectivity index (χ1) is 15.4. The van der Waals surface area contributed by atoms with E-state index in [1.165, 1.54) is 11.8 Å². The molecule has 3 rings (SSSR count). The number of hydrogen-bond acceptors (Lipinski definition) is 6. The molecule has 32 heavy (non-hydrogen) atoms. The van der Waals surface area contributed by atoms with Gasteiger partial charge in [0.1, 0.15) is 11.6 Å². The number of halogens is 1. The lowest BCUT2D eigenvalue weighted by Crippen LogP contribution is -2.18. The molecule has 2 aromatic carbocycles. The first-order valence-corrected chi connectivity index (χ1v) is 11.3. The van der Waals surface area contributed by atoms with E-state index < -0.39 is 0 Å². The average Bonchev–Trinajstić information content (AvgIpc) is 3.17. The van der Waals surface area contributed by atoms with Crippen LogP contribution in [0.2, 0.25) is 5.02 Å². The standard InChI is InChI=1S/C22H24ClN5O3S/c1-4-28-19(12-20(29)24-15-8-10-16(31-3)11-9-15)26-27-22(28)32-13-21(30)25-18-7-5-6-17(23)14(18)2/h5-11H,4,12-13H2,1-3H3,(H,24,29)(H,25,30). The average molecular weight is 474 g/mol. The zero-order chi connectivity index (χ0) is 23.1. The van der Waals surface area contributed by atoms with Crippen molar-refractivity contribution >= 4 is 46.6 Å². The van der Waals surface area contributed by atoms with Crippen molar-refractivity contribution in [2.45, 2.75) is 32.0 Å². The molecule has 0 bridgehead atoms. The largest absolute Gasteiger partial charge is 0.497 e. The number of amides is 2. The molecule has 0 fully saturated rings. The van der Waals surface area contributed by atoms with Gasteiger partial charge in [-0.1, -0.05) is 29.4 Å². The van der Waals surface area contributed by atoms with Gasteiger partial charge in [-0.25, -0.2) is 0 Å². The first kappa shape index (κ1) is 23.6. The summed E-state index contributed by atoms with van der Waals surface area (Å²) in [5, 5.41) is 15.2. The molecule has 1 heterocycles. The molecule has 0 aliphatic rings. The van der Waals surface area contributed by atoms with Crippen LogP contribution in [0.4, 0.5) is 11.4 Å². The lowest BCUT2D eigenvalue weighted by atomic mass is 10.2. The van der Waals surface area contributed by atoms with Gasteiger partial charge < -0.3 is 19.9 Å². The Bertz CT molecular complexity index is 1100. The van der Waals surface area contributed by atoms with Crippen molar-refractivity contribution in [3.8, 4) is 5.75 Å². The van der Waals surface area contributed by atoms with Gasteiger partial charge in [0.25, 0.3) is 0 Å². The quantitative estimate of drug-likeness (QED) is 0.452. The van der Waals surface area contributed by atoms with Crippen molar-refractivity contribution in [1.82, 2.24) is 14.8 Å². The van der Waals surface area contributed by atoms with Gasteiger partial charge in [0.05, 0.1) is 19.3 Å². The third-order valence-electron chi connectivity index (χ3n) is 4.68. The molecule has 2 N–H and O–H groups in total. The van der Waals surface area contributed by atoms with E-state index in [0.29, 0.717) is 39.7 Å². The summed E-state index contributed by atoms with van der Waals surface area (Å²) in [5.41, 5.74) is 2.16. The zero-order valence-electron chi connectivity index (χ0n) is 18.0. The monoisotopic (exact) mass is 473 g/mol. The third-order valence-corrected chi connectivity index (χ3v) is 6.05. The Morgan fingerprint density at radius 1 is 1.09 bits per heavy atom. The van der Waals surface area contributed by atoms with Crippen LogP contribution < -0.4 is 15.4 Å². The normalized spacial score (nSPS) is 10.6. The van der Waals surface area contributed by atoms with Gasteiger partial charge in [-0.05, 0) is 55.8 Å². The Hall–Kier alpha value is -3.04. The van der Waals surface area contributed by atoms with E-state index in [0.717, 1.165) is 5.56 Å². The number of thioether (sulfide) groups is 1. The van der Waals surface area contributed by atoms with Crippen LogP contribution in [0.1, 0.15) is 18.3 Å². The van der Waals surface area contributed by atoms with Crippen molar-refractivity contribution < 1.29 is 14.3 Å². The maximum Gasteiger partial charge on any atom is 0.234 e. The number of methoxy groups -OCH3 is 1. The Labute approximate surface area is 195 Å². The smallest absolute Gasteiger partial charge is 0.234 e. The second-order valence-electron chi connectivity index (χ2n) is 6.85. The Morgan fingerprint density at radius 2 is 1.84 bits per heavy atom. The van der Waals surface area contributed by atoms with E-state index in [-0.39, 0.29) is 24.0 Å². The SMILES string of the molecule is CCn1c(CC(=O)Nc2ccc(OC)cc2)nnc1SCC(=O)Nc1cccc(Cl)c1C. The van der Waals surface area contributed by atoms with E-state index in [9.17, 15) is 9.59 Å². The number of rotatable bonds is 9. The van der Waals surface area contributed by atoms with Gasteiger partial charge in [-0.3, -0.25) is 9.59 Å². The van der Waals surface area contributed by atoms with Gasteiger partial charge in [-0.2, -0.15) is 0 Å². The number of carbonyl (C=O) groups excluding carboxylic acids is 2. The Kier molecular flexibility index (Phi) is 8.13.